The zero-order valence-electron chi connectivity index (χ0n) is 14.9. The molecule has 0 unspecified atom stereocenters. The van der Waals surface area contributed by atoms with Crippen molar-refractivity contribution >= 4 is 23.4 Å². The Balaban J connectivity index is 1.73. The Morgan fingerprint density at radius 2 is 1.62 bits per heavy atom. The second-order valence-electron chi connectivity index (χ2n) is 6.21. The van der Waals surface area contributed by atoms with Gasteiger partial charge in [-0.15, -0.1) is 0 Å². The first-order valence-electron chi connectivity index (χ1n) is 8.45. The average molecular weight is 357 g/mol. The van der Waals surface area contributed by atoms with Gasteiger partial charge in [-0.25, -0.2) is 0 Å². The SMILES string of the molecule is CC(C)CC(=O)Nc1ccc(C(=O)NCCNC(=O)c2ccco2)cc1. The van der Waals surface area contributed by atoms with E-state index in [1.54, 1.807) is 36.4 Å². The number of anilines is 1. The molecular formula is C19H23N3O4. The smallest absolute Gasteiger partial charge is 0.287 e. The molecule has 2 aromatic rings. The Hall–Kier alpha value is -3.09. The summed E-state index contributed by atoms with van der Waals surface area (Å²) in [6.45, 7) is 4.53. The van der Waals surface area contributed by atoms with Gasteiger partial charge in [-0.05, 0) is 42.3 Å². The van der Waals surface area contributed by atoms with Gasteiger partial charge >= 0.3 is 0 Å². The molecule has 0 bridgehead atoms. The van der Waals surface area contributed by atoms with Crippen molar-refractivity contribution in [2.24, 2.45) is 5.92 Å². The van der Waals surface area contributed by atoms with Crippen molar-refractivity contribution in [3.63, 3.8) is 0 Å². The number of carbonyl (C=O) groups excluding carboxylic acids is 3. The first kappa shape index (κ1) is 19.2. The monoisotopic (exact) mass is 357 g/mol. The molecule has 0 saturated heterocycles. The molecule has 0 fully saturated rings. The van der Waals surface area contributed by atoms with Crippen molar-refractivity contribution in [1.82, 2.24) is 10.6 Å². The number of hydrogen-bond donors (Lipinski definition) is 3. The van der Waals surface area contributed by atoms with Crippen LogP contribution in [0.3, 0.4) is 0 Å². The Labute approximate surface area is 152 Å². The van der Waals surface area contributed by atoms with E-state index in [9.17, 15) is 14.4 Å². The fourth-order valence-electron chi connectivity index (χ4n) is 2.24. The van der Waals surface area contributed by atoms with Crippen molar-refractivity contribution in [1.29, 1.82) is 0 Å². The minimum Gasteiger partial charge on any atom is -0.459 e. The van der Waals surface area contributed by atoms with E-state index in [-0.39, 0.29) is 42.5 Å². The van der Waals surface area contributed by atoms with E-state index in [1.165, 1.54) is 6.26 Å². The van der Waals surface area contributed by atoms with E-state index in [1.807, 2.05) is 13.8 Å². The van der Waals surface area contributed by atoms with Gasteiger partial charge in [0, 0.05) is 30.8 Å². The van der Waals surface area contributed by atoms with Crippen LogP contribution in [0.15, 0.2) is 47.1 Å². The summed E-state index contributed by atoms with van der Waals surface area (Å²) in [6, 6.07) is 9.85. The molecule has 0 aliphatic rings. The van der Waals surface area contributed by atoms with Crippen molar-refractivity contribution in [3.8, 4) is 0 Å². The highest BCUT2D eigenvalue weighted by molar-refractivity contribution is 5.96. The van der Waals surface area contributed by atoms with E-state index in [0.717, 1.165) is 0 Å². The lowest BCUT2D eigenvalue weighted by atomic mass is 10.1. The first-order valence-corrected chi connectivity index (χ1v) is 8.45. The normalized spacial score (nSPS) is 10.4. The highest BCUT2D eigenvalue weighted by atomic mass is 16.3. The molecule has 0 spiro atoms. The zero-order chi connectivity index (χ0) is 18.9. The van der Waals surface area contributed by atoms with Crippen LogP contribution in [0.1, 0.15) is 41.2 Å². The van der Waals surface area contributed by atoms with Crippen LogP contribution >= 0.6 is 0 Å². The Morgan fingerprint density at radius 3 is 2.19 bits per heavy atom. The predicted octanol–water partition coefficient (Wildman–Crippen LogP) is 2.42. The lowest BCUT2D eigenvalue weighted by Crippen LogP contribution is -2.34. The third-order valence-electron chi connectivity index (χ3n) is 3.47. The molecule has 0 aliphatic carbocycles. The van der Waals surface area contributed by atoms with Crippen LogP contribution in [0.5, 0.6) is 0 Å². The maximum absolute atomic E-state index is 12.1. The fourth-order valence-corrected chi connectivity index (χ4v) is 2.24. The third kappa shape index (κ3) is 6.08. The van der Waals surface area contributed by atoms with Crippen LogP contribution in [0.4, 0.5) is 5.69 Å². The summed E-state index contributed by atoms with van der Waals surface area (Å²) < 4.78 is 4.97. The standard InChI is InChI=1S/C19H23N3O4/c1-13(2)12-17(23)22-15-7-5-14(6-8-15)18(24)20-9-10-21-19(25)16-4-3-11-26-16/h3-8,11,13H,9-10,12H2,1-2H3,(H,20,24)(H,21,25)(H,22,23). The summed E-state index contributed by atoms with van der Waals surface area (Å²) in [5.74, 6) is -0.118. The quantitative estimate of drug-likeness (QED) is 0.632. The highest BCUT2D eigenvalue weighted by Crippen LogP contribution is 2.11. The highest BCUT2D eigenvalue weighted by Gasteiger charge is 2.09. The molecule has 7 heteroatoms. The van der Waals surface area contributed by atoms with E-state index >= 15 is 0 Å². The van der Waals surface area contributed by atoms with E-state index in [4.69, 9.17) is 4.42 Å². The minimum absolute atomic E-state index is 0.0514. The predicted molar refractivity (Wildman–Crippen MR) is 97.9 cm³/mol. The van der Waals surface area contributed by atoms with Crippen LogP contribution < -0.4 is 16.0 Å². The molecule has 26 heavy (non-hydrogen) atoms. The zero-order valence-corrected chi connectivity index (χ0v) is 14.9. The summed E-state index contributed by atoms with van der Waals surface area (Å²) >= 11 is 0. The maximum Gasteiger partial charge on any atom is 0.287 e. The molecule has 0 radical (unpaired) electrons. The Bertz CT molecular complexity index is 737. The van der Waals surface area contributed by atoms with Crippen molar-refractivity contribution < 1.29 is 18.8 Å². The summed E-state index contributed by atoms with van der Waals surface area (Å²) in [6.07, 6.45) is 1.87. The van der Waals surface area contributed by atoms with Gasteiger partial charge in [-0.2, -0.15) is 0 Å². The van der Waals surface area contributed by atoms with Crippen LogP contribution in [-0.4, -0.2) is 30.8 Å². The lowest BCUT2D eigenvalue weighted by Gasteiger charge is -2.09. The van der Waals surface area contributed by atoms with Gasteiger partial charge in [0.25, 0.3) is 11.8 Å². The molecule has 2 rings (SSSR count). The van der Waals surface area contributed by atoms with E-state index in [0.29, 0.717) is 17.7 Å². The number of nitrogens with one attached hydrogen (secondary N) is 3. The molecule has 0 saturated carbocycles. The number of hydrogen-bond acceptors (Lipinski definition) is 4. The van der Waals surface area contributed by atoms with Gasteiger partial charge in [0.05, 0.1) is 6.26 Å². The topological polar surface area (TPSA) is 100 Å². The molecule has 138 valence electrons. The van der Waals surface area contributed by atoms with Gasteiger partial charge in [0.2, 0.25) is 5.91 Å². The van der Waals surface area contributed by atoms with Gasteiger partial charge in [-0.3, -0.25) is 14.4 Å². The number of furan rings is 1. The summed E-state index contributed by atoms with van der Waals surface area (Å²) in [4.78, 5) is 35.5. The van der Waals surface area contributed by atoms with Gasteiger partial charge in [0.15, 0.2) is 5.76 Å². The lowest BCUT2D eigenvalue weighted by molar-refractivity contribution is -0.116. The second kappa shape index (κ2) is 9.41. The van der Waals surface area contributed by atoms with Crippen LogP contribution in [0, 0.1) is 5.92 Å². The summed E-state index contributed by atoms with van der Waals surface area (Å²) in [5, 5.41) is 8.15. The van der Waals surface area contributed by atoms with Gasteiger partial charge < -0.3 is 20.4 Å². The van der Waals surface area contributed by atoms with Crippen molar-refractivity contribution in [2.75, 3.05) is 18.4 Å². The number of benzene rings is 1. The Morgan fingerprint density at radius 1 is 0.962 bits per heavy atom. The molecule has 0 atom stereocenters. The van der Waals surface area contributed by atoms with Crippen LogP contribution in [-0.2, 0) is 4.79 Å². The second-order valence-corrected chi connectivity index (χ2v) is 6.21. The van der Waals surface area contributed by atoms with E-state index < -0.39 is 0 Å². The largest absolute Gasteiger partial charge is 0.459 e. The number of amides is 3. The Kier molecular flexibility index (Phi) is 6.96. The molecule has 3 amide bonds. The minimum atomic E-state index is -0.328. The van der Waals surface area contributed by atoms with Crippen LogP contribution in [0.2, 0.25) is 0 Å². The molecule has 0 aliphatic heterocycles. The molecule has 3 N–H and O–H groups in total. The number of carbonyl (C=O) groups is 3. The third-order valence-corrected chi connectivity index (χ3v) is 3.47. The molecule has 7 nitrogen and oxygen atoms in total. The summed E-state index contributed by atoms with van der Waals surface area (Å²) in [5.41, 5.74) is 1.13. The molecule has 1 aromatic heterocycles. The summed E-state index contributed by atoms with van der Waals surface area (Å²) in [7, 11) is 0. The number of rotatable bonds is 8. The molecule has 1 heterocycles. The molecule has 1 aromatic carbocycles. The average Bonchev–Trinajstić information content (AvgIpc) is 3.13. The molecular weight excluding hydrogens is 334 g/mol. The van der Waals surface area contributed by atoms with E-state index in [2.05, 4.69) is 16.0 Å². The maximum atomic E-state index is 12.1. The van der Waals surface area contributed by atoms with Crippen molar-refractivity contribution in [3.05, 3.63) is 54.0 Å². The first-order chi connectivity index (χ1) is 12.5. The van der Waals surface area contributed by atoms with Gasteiger partial charge in [-0.1, -0.05) is 13.8 Å². The van der Waals surface area contributed by atoms with Crippen molar-refractivity contribution in [2.45, 2.75) is 20.3 Å². The van der Waals surface area contributed by atoms with Crippen LogP contribution in [0.25, 0.3) is 0 Å². The fraction of sp³-hybridized carbons (Fsp3) is 0.316. The van der Waals surface area contributed by atoms with Gasteiger partial charge in [0.1, 0.15) is 0 Å².